The van der Waals surface area contributed by atoms with Gasteiger partial charge < -0.3 is 0 Å². The zero-order chi connectivity index (χ0) is 13.1. The van der Waals surface area contributed by atoms with Crippen molar-refractivity contribution in [2.75, 3.05) is 0 Å². The van der Waals surface area contributed by atoms with Crippen molar-refractivity contribution < 1.29 is 13.6 Å². The Morgan fingerprint density at radius 1 is 1.22 bits per heavy atom. The van der Waals surface area contributed by atoms with Gasteiger partial charge in [0.05, 0.1) is 0 Å². The first-order chi connectivity index (χ1) is 8.58. The number of benzene rings is 1. The van der Waals surface area contributed by atoms with Gasteiger partial charge >= 0.3 is 0 Å². The number of aromatic nitrogens is 1. The first-order valence-corrected chi connectivity index (χ1v) is 5.90. The summed E-state index contributed by atoms with van der Waals surface area (Å²) in [6.07, 6.45) is 0.344. The van der Waals surface area contributed by atoms with Crippen LogP contribution in [0, 0.1) is 0 Å². The predicted molar refractivity (Wildman–Crippen MR) is 66.8 cm³/mol. The summed E-state index contributed by atoms with van der Waals surface area (Å²) in [5, 5.41) is 0. The SMILES string of the molecule is O=C(c1cccnc1)c1cc(Br)cc(C(F)F)c1. The maximum Gasteiger partial charge on any atom is 0.263 e. The van der Waals surface area contributed by atoms with Gasteiger partial charge in [0.25, 0.3) is 6.43 Å². The maximum atomic E-state index is 12.6. The fourth-order valence-electron chi connectivity index (χ4n) is 1.53. The van der Waals surface area contributed by atoms with Crippen molar-refractivity contribution in [2.24, 2.45) is 0 Å². The van der Waals surface area contributed by atoms with E-state index < -0.39 is 6.43 Å². The largest absolute Gasteiger partial charge is 0.289 e. The predicted octanol–water partition coefficient (Wildman–Crippen LogP) is 4.01. The number of ketones is 1. The van der Waals surface area contributed by atoms with Gasteiger partial charge in [-0.1, -0.05) is 15.9 Å². The van der Waals surface area contributed by atoms with Gasteiger partial charge in [-0.15, -0.1) is 0 Å². The molecular formula is C13H8BrF2NO. The molecule has 0 aliphatic rings. The second kappa shape index (κ2) is 5.35. The first-order valence-electron chi connectivity index (χ1n) is 5.11. The molecule has 2 aromatic rings. The Kier molecular flexibility index (Phi) is 3.81. The van der Waals surface area contributed by atoms with Crippen molar-refractivity contribution in [3.63, 3.8) is 0 Å². The van der Waals surface area contributed by atoms with Gasteiger partial charge in [0, 0.05) is 33.6 Å². The topological polar surface area (TPSA) is 30.0 Å². The lowest BCUT2D eigenvalue weighted by Gasteiger charge is -2.05. The van der Waals surface area contributed by atoms with Crippen molar-refractivity contribution in [3.8, 4) is 0 Å². The molecule has 18 heavy (non-hydrogen) atoms. The lowest BCUT2D eigenvalue weighted by atomic mass is 10.0. The van der Waals surface area contributed by atoms with Gasteiger partial charge in [-0.2, -0.15) is 0 Å². The normalized spacial score (nSPS) is 10.7. The summed E-state index contributed by atoms with van der Waals surface area (Å²) >= 11 is 3.12. The Balaban J connectivity index is 2.42. The minimum atomic E-state index is -2.61. The van der Waals surface area contributed by atoms with Crippen molar-refractivity contribution in [2.45, 2.75) is 6.43 Å². The number of halogens is 3. The Morgan fingerprint density at radius 3 is 2.61 bits per heavy atom. The molecule has 0 aliphatic carbocycles. The summed E-state index contributed by atoms with van der Waals surface area (Å²) in [7, 11) is 0. The fraction of sp³-hybridized carbons (Fsp3) is 0.0769. The molecule has 1 aromatic heterocycles. The second-order valence-electron chi connectivity index (χ2n) is 3.64. The zero-order valence-corrected chi connectivity index (χ0v) is 10.7. The van der Waals surface area contributed by atoms with Crippen LogP contribution in [0.4, 0.5) is 8.78 Å². The number of hydrogen-bond acceptors (Lipinski definition) is 2. The Hall–Kier alpha value is -1.62. The molecular weight excluding hydrogens is 304 g/mol. The fourth-order valence-corrected chi connectivity index (χ4v) is 2.04. The van der Waals surface area contributed by atoms with Gasteiger partial charge in [-0.05, 0) is 30.3 Å². The van der Waals surface area contributed by atoms with Gasteiger partial charge in [0.15, 0.2) is 5.78 Å². The number of nitrogens with zero attached hydrogens (tertiary/aromatic N) is 1. The van der Waals surface area contributed by atoms with Gasteiger partial charge in [-0.25, -0.2) is 8.78 Å². The summed E-state index contributed by atoms with van der Waals surface area (Å²) in [4.78, 5) is 15.9. The van der Waals surface area contributed by atoms with E-state index in [1.54, 1.807) is 18.3 Å². The van der Waals surface area contributed by atoms with Gasteiger partial charge in [-0.3, -0.25) is 9.78 Å². The van der Waals surface area contributed by atoms with Crippen molar-refractivity contribution in [1.82, 2.24) is 4.98 Å². The molecule has 0 amide bonds. The third kappa shape index (κ3) is 2.79. The van der Waals surface area contributed by atoms with E-state index in [1.165, 1.54) is 24.4 Å². The molecule has 0 fully saturated rings. The summed E-state index contributed by atoms with van der Waals surface area (Å²) < 4.78 is 25.7. The molecule has 0 saturated carbocycles. The third-order valence-electron chi connectivity index (χ3n) is 2.36. The van der Waals surface area contributed by atoms with E-state index >= 15 is 0 Å². The molecule has 0 unspecified atom stereocenters. The number of carbonyl (C=O) groups excluding carboxylic acids is 1. The van der Waals surface area contributed by atoms with Crippen LogP contribution in [0.5, 0.6) is 0 Å². The van der Waals surface area contributed by atoms with E-state index in [-0.39, 0.29) is 16.9 Å². The van der Waals surface area contributed by atoms with E-state index in [9.17, 15) is 13.6 Å². The number of hydrogen-bond donors (Lipinski definition) is 0. The molecule has 0 spiro atoms. The average molecular weight is 312 g/mol. The zero-order valence-electron chi connectivity index (χ0n) is 9.11. The standard InChI is InChI=1S/C13H8BrF2NO/c14-11-5-9(4-10(6-11)13(15)16)12(18)8-2-1-3-17-7-8/h1-7,13H. The van der Waals surface area contributed by atoms with Gasteiger partial charge in [0.1, 0.15) is 0 Å². The molecule has 0 saturated heterocycles. The van der Waals surface area contributed by atoms with Crippen LogP contribution in [-0.4, -0.2) is 10.8 Å². The molecule has 1 heterocycles. The molecule has 0 bridgehead atoms. The minimum Gasteiger partial charge on any atom is -0.289 e. The van der Waals surface area contributed by atoms with Crippen LogP contribution < -0.4 is 0 Å². The van der Waals surface area contributed by atoms with Crippen molar-refractivity contribution >= 4 is 21.7 Å². The summed E-state index contributed by atoms with van der Waals surface area (Å²) in [6, 6.07) is 7.23. The lowest BCUT2D eigenvalue weighted by Crippen LogP contribution is -2.02. The third-order valence-corrected chi connectivity index (χ3v) is 2.82. The first kappa shape index (κ1) is 12.8. The number of pyridine rings is 1. The highest BCUT2D eigenvalue weighted by Crippen LogP contribution is 2.25. The maximum absolute atomic E-state index is 12.6. The highest BCUT2D eigenvalue weighted by Gasteiger charge is 2.14. The molecule has 0 atom stereocenters. The van der Waals surface area contributed by atoms with E-state index in [2.05, 4.69) is 20.9 Å². The quantitative estimate of drug-likeness (QED) is 0.802. The summed E-state index contributed by atoms with van der Waals surface area (Å²) in [6.45, 7) is 0. The molecule has 0 N–H and O–H groups in total. The second-order valence-corrected chi connectivity index (χ2v) is 4.56. The molecule has 0 radical (unpaired) electrons. The minimum absolute atomic E-state index is 0.184. The highest BCUT2D eigenvalue weighted by atomic mass is 79.9. The molecule has 92 valence electrons. The van der Waals surface area contributed by atoms with E-state index in [0.717, 1.165) is 0 Å². The Morgan fingerprint density at radius 2 is 2.00 bits per heavy atom. The number of rotatable bonds is 3. The van der Waals surface area contributed by atoms with Crippen LogP contribution >= 0.6 is 15.9 Å². The van der Waals surface area contributed by atoms with Crippen LogP contribution in [0.2, 0.25) is 0 Å². The van der Waals surface area contributed by atoms with E-state index in [4.69, 9.17) is 0 Å². The van der Waals surface area contributed by atoms with Crippen LogP contribution in [0.1, 0.15) is 27.9 Å². The highest BCUT2D eigenvalue weighted by molar-refractivity contribution is 9.10. The van der Waals surface area contributed by atoms with Crippen LogP contribution in [-0.2, 0) is 0 Å². The molecule has 0 aliphatic heterocycles. The number of alkyl halides is 2. The van der Waals surface area contributed by atoms with Crippen LogP contribution in [0.15, 0.2) is 47.2 Å². The Labute approximate surface area is 111 Å². The van der Waals surface area contributed by atoms with Crippen LogP contribution in [0.3, 0.4) is 0 Å². The number of carbonyl (C=O) groups is 1. The molecule has 1 aromatic carbocycles. The monoisotopic (exact) mass is 311 g/mol. The lowest BCUT2D eigenvalue weighted by molar-refractivity contribution is 0.103. The van der Waals surface area contributed by atoms with Crippen LogP contribution in [0.25, 0.3) is 0 Å². The van der Waals surface area contributed by atoms with Crippen molar-refractivity contribution in [1.29, 1.82) is 0 Å². The van der Waals surface area contributed by atoms with Gasteiger partial charge in [0.2, 0.25) is 0 Å². The summed E-state index contributed by atoms with van der Waals surface area (Å²) in [5.41, 5.74) is 0.403. The van der Waals surface area contributed by atoms with E-state index in [0.29, 0.717) is 10.0 Å². The Bertz CT molecular complexity index is 572. The van der Waals surface area contributed by atoms with Crippen molar-refractivity contribution in [3.05, 3.63) is 63.9 Å². The smallest absolute Gasteiger partial charge is 0.263 e. The van der Waals surface area contributed by atoms with E-state index in [1.807, 2.05) is 0 Å². The summed E-state index contributed by atoms with van der Waals surface area (Å²) in [5.74, 6) is -0.327. The molecule has 5 heteroatoms. The molecule has 2 nitrogen and oxygen atoms in total. The molecule has 2 rings (SSSR count). The average Bonchev–Trinajstić information content (AvgIpc) is 2.38.